The van der Waals surface area contributed by atoms with E-state index >= 15 is 0 Å². The Labute approximate surface area is 114 Å². The Balaban J connectivity index is 1.67. The van der Waals surface area contributed by atoms with Gasteiger partial charge in [0.1, 0.15) is 12.7 Å². The van der Waals surface area contributed by atoms with Crippen LogP contribution in [0.25, 0.3) is 0 Å². The number of aromatic nitrogens is 3. The lowest BCUT2D eigenvalue weighted by molar-refractivity contribution is -0.132. The third kappa shape index (κ3) is 4.31. The highest BCUT2D eigenvalue weighted by Gasteiger charge is 2.22. The maximum atomic E-state index is 12.1. The van der Waals surface area contributed by atoms with Crippen molar-refractivity contribution < 1.29 is 4.79 Å². The number of amides is 1. The number of rotatable bonds is 6. The van der Waals surface area contributed by atoms with Crippen molar-refractivity contribution in [2.75, 3.05) is 26.7 Å². The molecule has 6 nitrogen and oxygen atoms in total. The number of carbonyl (C=O) groups excluding carboxylic acids is 1. The molecular weight excluding hydrogens is 242 g/mol. The van der Waals surface area contributed by atoms with Crippen LogP contribution in [0.1, 0.15) is 25.7 Å². The first kappa shape index (κ1) is 14.0. The number of nitrogens with zero attached hydrogens (tertiary/aromatic N) is 4. The lowest BCUT2D eigenvalue weighted by Crippen LogP contribution is -2.39. The second kappa shape index (κ2) is 7.23. The Morgan fingerprint density at radius 2 is 2.21 bits per heavy atom. The van der Waals surface area contributed by atoms with Crippen LogP contribution in [-0.2, 0) is 11.3 Å². The topological polar surface area (TPSA) is 63.1 Å². The van der Waals surface area contributed by atoms with Crippen LogP contribution in [0, 0.1) is 5.92 Å². The summed E-state index contributed by atoms with van der Waals surface area (Å²) in [5, 5.41) is 7.20. The minimum Gasteiger partial charge on any atom is -0.343 e. The van der Waals surface area contributed by atoms with Crippen molar-refractivity contribution in [3.05, 3.63) is 12.7 Å². The number of hydrogen-bond donors (Lipinski definition) is 1. The van der Waals surface area contributed by atoms with Gasteiger partial charge in [-0.25, -0.2) is 4.98 Å². The van der Waals surface area contributed by atoms with E-state index in [2.05, 4.69) is 15.4 Å². The van der Waals surface area contributed by atoms with Crippen LogP contribution in [0.3, 0.4) is 0 Å². The molecule has 2 rings (SSSR count). The standard InChI is InChI=1S/C13H23N5O/c1-14-6-2-12-3-7-17(8-4-12)13(19)5-9-18-11-15-10-16-18/h10-12,14H,2-9H2,1H3. The fourth-order valence-electron chi connectivity index (χ4n) is 2.54. The van der Waals surface area contributed by atoms with E-state index in [-0.39, 0.29) is 5.91 Å². The van der Waals surface area contributed by atoms with E-state index in [0.717, 1.165) is 38.4 Å². The molecule has 1 aromatic rings. The van der Waals surface area contributed by atoms with E-state index in [1.54, 1.807) is 11.0 Å². The summed E-state index contributed by atoms with van der Waals surface area (Å²) in [6.07, 6.45) is 7.16. The molecule has 1 aliphatic heterocycles. The summed E-state index contributed by atoms with van der Waals surface area (Å²) in [6.45, 7) is 3.51. The molecule has 6 heteroatoms. The zero-order valence-corrected chi connectivity index (χ0v) is 11.6. The van der Waals surface area contributed by atoms with Gasteiger partial charge in [-0.1, -0.05) is 0 Å². The SMILES string of the molecule is CNCCC1CCN(C(=O)CCn2cncn2)CC1. The zero-order chi connectivity index (χ0) is 13.5. The van der Waals surface area contributed by atoms with Crippen LogP contribution >= 0.6 is 0 Å². The van der Waals surface area contributed by atoms with Gasteiger partial charge in [0.05, 0.1) is 6.54 Å². The molecule has 1 aromatic heterocycles. The molecule has 1 amide bonds. The predicted octanol–water partition coefficient (Wildman–Crippen LogP) is 0.516. The molecule has 0 atom stereocenters. The quantitative estimate of drug-likeness (QED) is 0.814. The third-order valence-electron chi connectivity index (χ3n) is 3.79. The average molecular weight is 265 g/mol. The minimum atomic E-state index is 0.238. The predicted molar refractivity (Wildman–Crippen MR) is 72.5 cm³/mol. The normalized spacial score (nSPS) is 16.8. The van der Waals surface area contributed by atoms with Gasteiger partial charge in [0.15, 0.2) is 0 Å². The fourth-order valence-corrected chi connectivity index (χ4v) is 2.54. The molecule has 2 heterocycles. The number of likely N-dealkylation sites (tertiary alicyclic amines) is 1. The summed E-state index contributed by atoms with van der Waals surface area (Å²) in [5.74, 6) is 1.01. The van der Waals surface area contributed by atoms with E-state index < -0.39 is 0 Å². The number of piperidine rings is 1. The Hall–Kier alpha value is -1.43. The molecule has 1 aliphatic rings. The molecule has 0 aliphatic carbocycles. The monoisotopic (exact) mass is 265 g/mol. The van der Waals surface area contributed by atoms with Crippen molar-refractivity contribution in [3.63, 3.8) is 0 Å². The smallest absolute Gasteiger partial charge is 0.224 e. The minimum absolute atomic E-state index is 0.238. The van der Waals surface area contributed by atoms with Crippen molar-refractivity contribution in [2.45, 2.75) is 32.2 Å². The summed E-state index contributed by atoms with van der Waals surface area (Å²) >= 11 is 0. The molecular formula is C13H23N5O. The summed E-state index contributed by atoms with van der Waals surface area (Å²) in [4.78, 5) is 17.9. The van der Waals surface area contributed by atoms with E-state index in [4.69, 9.17) is 0 Å². The van der Waals surface area contributed by atoms with Gasteiger partial charge in [-0.3, -0.25) is 9.48 Å². The van der Waals surface area contributed by atoms with Crippen LogP contribution in [0.15, 0.2) is 12.7 Å². The second-order valence-corrected chi connectivity index (χ2v) is 5.12. The Kier molecular flexibility index (Phi) is 5.32. The Morgan fingerprint density at radius 3 is 2.84 bits per heavy atom. The molecule has 0 radical (unpaired) electrons. The molecule has 0 spiro atoms. The fraction of sp³-hybridized carbons (Fsp3) is 0.769. The summed E-state index contributed by atoms with van der Waals surface area (Å²) in [6, 6.07) is 0. The van der Waals surface area contributed by atoms with E-state index in [1.807, 2.05) is 11.9 Å². The lowest BCUT2D eigenvalue weighted by Gasteiger charge is -2.32. The number of aryl methyl sites for hydroxylation is 1. The highest BCUT2D eigenvalue weighted by atomic mass is 16.2. The largest absolute Gasteiger partial charge is 0.343 e. The van der Waals surface area contributed by atoms with Gasteiger partial charge in [0.2, 0.25) is 5.91 Å². The summed E-state index contributed by atoms with van der Waals surface area (Å²) in [5.41, 5.74) is 0. The maximum absolute atomic E-state index is 12.1. The summed E-state index contributed by atoms with van der Waals surface area (Å²) in [7, 11) is 1.99. The van der Waals surface area contributed by atoms with Gasteiger partial charge in [0.25, 0.3) is 0 Å². The van der Waals surface area contributed by atoms with Gasteiger partial charge in [-0.15, -0.1) is 0 Å². The molecule has 0 saturated carbocycles. The summed E-state index contributed by atoms with van der Waals surface area (Å²) < 4.78 is 1.71. The van der Waals surface area contributed by atoms with E-state index in [9.17, 15) is 4.79 Å². The molecule has 0 aromatic carbocycles. The van der Waals surface area contributed by atoms with Crippen LogP contribution in [0.2, 0.25) is 0 Å². The van der Waals surface area contributed by atoms with Crippen LogP contribution in [0.4, 0.5) is 0 Å². The van der Waals surface area contributed by atoms with Gasteiger partial charge >= 0.3 is 0 Å². The Morgan fingerprint density at radius 1 is 1.42 bits per heavy atom. The molecule has 0 bridgehead atoms. The highest BCUT2D eigenvalue weighted by molar-refractivity contribution is 5.76. The van der Waals surface area contributed by atoms with E-state index in [1.165, 1.54) is 12.7 Å². The molecule has 1 N–H and O–H groups in total. The molecule has 106 valence electrons. The van der Waals surface area contributed by atoms with Crippen molar-refractivity contribution in [1.29, 1.82) is 0 Å². The first-order valence-electron chi connectivity index (χ1n) is 7.04. The zero-order valence-electron chi connectivity index (χ0n) is 11.6. The first-order valence-corrected chi connectivity index (χ1v) is 7.04. The van der Waals surface area contributed by atoms with Crippen LogP contribution in [-0.4, -0.2) is 52.3 Å². The lowest BCUT2D eigenvalue weighted by atomic mass is 9.93. The van der Waals surface area contributed by atoms with Gasteiger partial charge in [0, 0.05) is 19.5 Å². The average Bonchev–Trinajstić information content (AvgIpc) is 2.96. The van der Waals surface area contributed by atoms with E-state index in [0.29, 0.717) is 13.0 Å². The second-order valence-electron chi connectivity index (χ2n) is 5.12. The van der Waals surface area contributed by atoms with Crippen molar-refractivity contribution in [3.8, 4) is 0 Å². The van der Waals surface area contributed by atoms with Gasteiger partial charge in [-0.2, -0.15) is 5.10 Å². The third-order valence-corrected chi connectivity index (χ3v) is 3.79. The van der Waals surface area contributed by atoms with Gasteiger partial charge < -0.3 is 10.2 Å². The van der Waals surface area contributed by atoms with Crippen molar-refractivity contribution >= 4 is 5.91 Å². The Bertz CT molecular complexity index is 370. The number of nitrogens with one attached hydrogen (secondary N) is 1. The van der Waals surface area contributed by atoms with Crippen molar-refractivity contribution in [1.82, 2.24) is 25.0 Å². The molecule has 1 saturated heterocycles. The molecule has 19 heavy (non-hydrogen) atoms. The first-order chi connectivity index (χ1) is 9.29. The number of carbonyl (C=O) groups is 1. The van der Waals surface area contributed by atoms with Crippen LogP contribution in [0.5, 0.6) is 0 Å². The molecule has 0 unspecified atom stereocenters. The highest BCUT2D eigenvalue weighted by Crippen LogP contribution is 2.20. The van der Waals surface area contributed by atoms with Gasteiger partial charge in [-0.05, 0) is 38.8 Å². The number of hydrogen-bond acceptors (Lipinski definition) is 4. The van der Waals surface area contributed by atoms with Crippen molar-refractivity contribution in [2.24, 2.45) is 5.92 Å². The molecule has 1 fully saturated rings. The van der Waals surface area contributed by atoms with Crippen LogP contribution < -0.4 is 5.32 Å². The maximum Gasteiger partial charge on any atom is 0.224 e.